The van der Waals surface area contributed by atoms with Crippen LogP contribution in [0.15, 0.2) is 94.0 Å². The summed E-state index contributed by atoms with van der Waals surface area (Å²) in [4.78, 5) is 11.8. The average molecular weight is 485 g/mol. The van der Waals surface area contributed by atoms with E-state index in [1.165, 1.54) is 18.2 Å². The normalized spacial score (nSPS) is 11.3. The molecule has 0 aliphatic heterocycles. The number of amides is 1. The molecule has 0 bridgehead atoms. The van der Waals surface area contributed by atoms with Gasteiger partial charge in [0, 0.05) is 46.9 Å². The van der Waals surface area contributed by atoms with Gasteiger partial charge in [-0.1, -0.05) is 24.3 Å². The molecule has 0 fully saturated rings. The molecule has 4 rings (SSSR count). The fourth-order valence-corrected chi connectivity index (χ4v) is 3.72. The number of carbonyl (C=O) groups excluding carboxylic acids is 1. The first-order valence-corrected chi connectivity index (χ1v) is 11.1. The van der Waals surface area contributed by atoms with E-state index in [4.69, 9.17) is 5.73 Å². The number of fused-ring (bicyclic) bond motifs is 1. The smallest absolute Gasteiger partial charge is 0.294 e. The minimum atomic E-state index is -4.50. The Bertz CT molecular complexity index is 1490. The molecular weight excluding hydrogens is 467 g/mol. The van der Waals surface area contributed by atoms with E-state index in [0.29, 0.717) is 22.3 Å². The first-order chi connectivity index (χ1) is 15.7. The van der Waals surface area contributed by atoms with Gasteiger partial charge < -0.3 is 16.2 Å². The zero-order valence-electron chi connectivity index (χ0n) is 18.0. The summed E-state index contributed by atoms with van der Waals surface area (Å²) in [7, 11) is -4.50. The van der Waals surface area contributed by atoms with Crippen molar-refractivity contribution in [2.45, 2.75) is 4.90 Å². The molecule has 0 aromatic heterocycles. The summed E-state index contributed by atoms with van der Waals surface area (Å²) in [6.07, 6.45) is 0. The van der Waals surface area contributed by atoms with E-state index in [1.54, 1.807) is 48.5 Å². The molecule has 34 heavy (non-hydrogen) atoms. The number of carbonyl (C=O) groups is 1. The van der Waals surface area contributed by atoms with Crippen LogP contribution in [0.4, 0.5) is 22.7 Å². The third-order valence-electron chi connectivity index (χ3n) is 4.80. The molecule has 0 saturated carbocycles. The summed E-state index contributed by atoms with van der Waals surface area (Å²) in [6, 6.07) is 20.5. The number of nitrogens with one attached hydrogen (secondary N) is 1. The summed E-state index contributed by atoms with van der Waals surface area (Å²) in [5.41, 5.74) is 7.92. The SMILES string of the molecule is Nc1ccc2cc(S(=O)(=O)O)cc(O)c2c1N=Nc1ccc(NC(=O)c2ccccc2)cc1.[Na]. The van der Waals surface area contributed by atoms with Crippen LogP contribution in [0.1, 0.15) is 10.4 Å². The Labute approximate surface area is 217 Å². The van der Waals surface area contributed by atoms with Crippen LogP contribution in [-0.4, -0.2) is 53.5 Å². The van der Waals surface area contributed by atoms with Crippen LogP contribution in [0.25, 0.3) is 10.8 Å². The first-order valence-electron chi connectivity index (χ1n) is 9.63. The topological polar surface area (TPSA) is 154 Å². The Morgan fingerprint density at radius 3 is 2.24 bits per heavy atom. The maximum absolute atomic E-state index is 12.2. The number of rotatable bonds is 5. The Morgan fingerprint density at radius 2 is 1.59 bits per heavy atom. The van der Waals surface area contributed by atoms with Crippen molar-refractivity contribution >= 4 is 79.1 Å². The molecule has 5 N–H and O–H groups in total. The largest absolute Gasteiger partial charge is 0.507 e. The molecule has 4 aromatic rings. The summed E-state index contributed by atoms with van der Waals surface area (Å²) in [6.45, 7) is 0. The quantitative estimate of drug-likeness (QED) is 0.139. The molecule has 9 nitrogen and oxygen atoms in total. The maximum atomic E-state index is 12.2. The van der Waals surface area contributed by atoms with E-state index in [1.807, 2.05) is 6.07 Å². The monoisotopic (exact) mass is 485 g/mol. The Morgan fingerprint density at radius 1 is 0.912 bits per heavy atom. The number of benzene rings is 4. The molecule has 11 heteroatoms. The van der Waals surface area contributed by atoms with Gasteiger partial charge in [0.25, 0.3) is 16.0 Å². The molecule has 167 valence electrons. The zero-order chi connectivity index (χ0) is 23.6. The average Bonchev–Trinajstić information content (AvgIpc) is 2.79. The van der Waals surface area contributed by atoms with E-state index in [0.717, 1.165) is 6.07 Å². The van der Waals surface area contributed by atoms with Gasteiger partial charge in [-0.05, 0) is 53.9 Å². The van der Waals surface area contributed by atoms with Gasteiger partial charge >= 0.3 is 0 Å². The van der Waals surface area contributed by atoms with Gasteiger partial charge in [0.1, 0.15) is 11.4 Å². The molecule has 1 amide bonds. The van der Waals surface area contributed by atoms with Crippen molar-refractivity contribution in [3.05, 3.63) is 84.4 Å². The molecular formula is C23H18N4NaO5S. The summed E-state index contributed by atoms with van der Waals surface area (Å²) < 4.78 is 32.1. The van der Waals surface area contributed by atoms with Crippen molar-refractivity contribution in [3.8, 4) is 5.75 Å². The van der Waals surface area contributed by atoms with Crippen LogP contribution in [0.3, 0.4) is 0 Å². The minimum Gasteiger partial charge on any atom is -0.507 e. The number of phenols is 1. The van der Waals surface area contributed by atoms with E-state index in [2.05, 4.69) is 15.5 Å². The number of hydrogen-bond donors (Lipinski definition) is 4. The van der Waals surface area contributed by atoms with Gasteiger partial charge in [0.2, 0.25) is 0 Å². The van der Waals surface area contributed by atoms with Gasteiger partial charge in [-0.2, -0.15) is 13.5 Å². The predicted molar refractivity (Wildman–Crippen MR) is 131 cm³/mol. The van der Waals surface area contributed by atoms with Crippen LogP contribution in [0, 0.1) is 0 Å². The van der Waals surface area contributed by atoms with Gasteiger partial charge in [0.05, 0.1) is 21.7 Å². The zero-order valence-corrected chi connectivity index (χ0v) is 20.8. The van der Waals surface area contributed by atoms with Gasteiger partial charge in [-0.25, -0.2) is 0 Å². The molecule has 0 aliphatic carbocycles. The number of aromatic hydroxyl groups is 1. The Balaban J connectivity index is 0.00000324. The van der Waals surface area contributed by atoms with Crippen LogP contribution < -0.4 is 11.1 Å². The predicted octanol–water partition coefficient (Wildman–Crippen LogP) is 4.66. The van der Waals surface area contributed by atoms with Crippen molar-refractivity contribution in [2.75, 3.05) is 11.1 Å². The Kier molecular flexibility index (Phi) is 7.70. The van der Waals surface area contributed by atoms with Crippen LogP contribution >= 0.6 is 0 Å². The number of phenolic OH excluding ortho intramolecular Hbond substituents is 1. The standard InChI is InChI=1S/C23H18N4O5S.Na/c24-19-11-6-15-12-18(33(30,31)32)13-20(28)21(15)22(19)27-26-17-9-7-16(8-10-17)25-23(29)14-4-2-1-3-5-14;/h1-13,28H,24H2,(H,25,29)(H,30,31,32);. The number of anilines is 2. The summed E-state index contributed by atoms with van der Waals surface area (Å²) in [5, 5.41) is 21.9. The number of nitrogens with two attached hydrogens (primary N) is 1. The molecule has 0 atom stereocenters. The molecule has 4 aromatic carbocycles. The van der Waals surface area contributed by atoms with E-state index >= 15 is 0 Å². The molecule has 0 unspecified atom stereocenters. The number of nitrogen functional groups attached to an aromatic ring is 1. The Hall–Kier alpha value is -3.28. The molecule has 1 radical (unpaired) electrons. The molecule has 0 spiro atoms. The van der Waals surface area contributed by atoms with Crippen molar-refractivity contribution in [1.29, 1.82) is 0 Å². The van der Waals surface area contributed by atoms with Gasteiger partial charge in [-0.15, -0.1) is 5.11 Å². The third kappa shape index (κ3) is 5.61. The van der Waals surface area contributed by atoms with E-state index in [9.17, 15) is 22.9 Å². The van der Waals surface area contributed by atoms with Gasteiger partial charge in [0.15, 0.2) is 0 Å². The molecule has 0 saturated heterocycles. The van der Waals surface area contributed by atoms with E-state index in [-0.39, 0.29) is 52.2 Å². The molecule has 0 heterocycles. The van der Waals surface area contributed by atoms with Crippen molar-refractivity contribution in [3.63, 3.8) is 0 Å². The second kappa shape index (κ2) is 10.3. The molecule has 0 aliphatic rings. The fraction of sp³-hybridized carbons (Fsp3) is 0. The minimum absolute atomic E-state index is 0. The second-order valence-corrected chi connectivity index (χ2v) is 8.51. The number of hydrogen-bond acceptors (Lipinski definition) is 7. The van der Waals surface area contributed by atoms with Crippen molar-refractivity contribution in [1.82, 2.24) is 0 Å². The summed E-state index contributed by atoms with van der Waals surface area (Å²) >= 11 is 0. The second-order valence-electron chi connectivity index (χ2n) is 7.09. The number of azo groups is 1. The third-order valence-corrected chi connectivity index (χ3v) is 5.63. The van der Waals surface area contributed by atoms with Crippen LogP contribution in [0.5, 0.6) is 5.75 Å². The fourth-order valence-electron chi connectivity index (χ4n) is 3.18. The van der Waals surface area contributed by atoms with E-state index < -0.39 is 20.8 Å². The van der Waals surface area contributed by atoms with Crippen molar-refractivity contribution < 1.29 is 22.9 Å². The van der Waals surface area contributed by atoms with Crippen LogP contribution in [0.2, 0.25) is 0 Å². The first kappa shape index (κ1) is 25.3. The van der Waals surface area contributed by atoms with Crippen LogP contribution in [-0.2, 0) is 10.1 Å². The van der Waals surface area contributed by atoms with Crippen molar-refractivity contribution in [2.24, 2.45) is 10.2 Å². The maximum Gasteiger partial charge on any atom is 0.294 e. The van der Waals surface area contributed by atoms with Gasteiger partial charge in [-0.3, -0.25) is 9.35 Å². The summed E-state index contributed by atoms with van der Waals surface area (Å²) in [5.74, 6) is -0.659. The number of nitrogens with zero attached hydrogens (tertiary/aromatic N) is 2.